The molecule has 23 heavy (non-hydrogen) atoms. The van der Waals surface area contributed by atoms with Crippen molar-refractivity contribution in [3.63, 3.8) is 0 Å². The average molecular weight is 337 g/mol. The van der Waals surface area contributed by atoms with Gasteiger partial charge < -0.3 is 4.74 Å². The quantitative estimate of drug-likeness (QED) is 0.809. The number of aromatic nitrogens is 3. The molecule has 1 atom stereocenters. The maximum absolute atomic E-state index is 12.6. The van der Waals surface area contributed by atoms with Crippen molar-refractivity contribution >= 4 is 10.2 Å². The Morgan fingerprint density at radius 1 is 1.26 bits per heavy atom. The predicted molar refractivity (Wildman–Crippen MR) is 84.2 cm³/mol. The monoisotopic (exact) mass is 337 g/mol. The molecule has 1 saturated heterocycles. The van der Waals surface area contributed by atoms with Gasteiger partial charge in [-0.3, -0.25) is 0 Å². The van der Waals surface area contributed by atoms with Crippen molar-refractivity contribution in [3.05, 3.63) is 42.5 Å². The van der Waals surface area contributed by atoms with E-state index in [0.717, 1.165) is 5.69 Å². The average Bonchev–Trinajstić information content (AvgIpc) is 3.05. The summed E-state index contributed by atoms with van der Waals surface area (Å²) in [5.41, 5.74) is 0.827. The van der Waals surface area contributed by atoms with Gasteiger partial charge in [-0.15, -0.1) is 0 Å². The SMILES string of the molecule is CN(C)S(=O)(=O)N1CCOC[C@H]1c1ncnn1-c1ccccc1. The minimum absolute atomic E-state index is 0.249. The molecule has 0 N–H and O–H groups in total. The fourth-order valence-corrected chi connectivity index (χ4v) is 3.72. The normalized spacial score (nSPS) is 20.0. The van der Waals surface area contributed by atoms with Gasteiger partial charge in [0.25, 0.3) is 10.2 Å². The smallest absolute Gasteiger partial charge is 0.282 e. The molecule has 1 aromatic heterocycles. The molecule has 2 heterocycles. The van der Waals surface area contributed by atoms with E-state index in [1.54, 1.807) is 4.68 Å². The molecule has 0 aliphatic carbocycles. The summed E-state index contributed by atoms with van der Waals surface area (Å²) in [5.74, 6) is 0.543. The molecule has 3 rings (SSSR count). The van der Waals surface area contributed by atoms with Crippen LogP contribution in [0.2, 0.25) is 0 Å². The third kappa shape index (κ3) is 3.00. The summed E-state index contributed by atoms with van der Waals surface area (Å²) in [6, 6.07) is 8.98. The molecule has 1 aliphatic heterocycles. The van der Waals surface area contributed by atoms with Crippen molar-refractivity contribution < 1.29 is 13.2 Å². The van der Waals surface area contributed by atoms with Crippen molar-refractivity contribution in [1.29, 1.82) is 0 Å². The highest BCUT2D eigenvalue weighted by atomic mass is 32.2. The van der Waals surface area contributed by atoms with Gasteiger partial charge in [-0.25, -0.2) is 9.67 Å². The molecule has 0 bridgehead atoms. The predicted octanol–water partition coefficient (Wildman–Crippen LogP) is 0.447. The first kappa shape index (κ1) is 16.1. The van der Waals surface area contributed by atoms with E-state index in [-0.39, 0.29) is 13.2 Å². The number of morpholine rings is 1. The molecule has 0 saturated carbocycles. The van der Waals surface area contributed by atoms with E-state index in [4.69, 9.17) is 4.74 Å². The van der Waals surface area contributed by atoms with Crippen molar-refractivity contribution in [1.82, 2.24) is 23.4 Å². The van der Waals surface area contributed by atoms with Crippen LogP contribution in [0.25, 0.3) is 5.69 Å². The van der Waals surface area contributed by atoms with Crippen molar-refractivity contribution in [2.75, 3.05) is 33.9 Å². The maximum atomic E-state index is 12.6. The molecule has 124 valence electrons. The molecule has 0 spiro atoms. The molecule has 1 fully saturated rings. The number of ether oxygens (including phenoxy) is 1. The summed E-state index contributed by atoms with van der Waals surface area (Å²) in [6.07, 6.45) is 1.43. The Morgan fingerprint density at radius 2 is 2.00 bits per heavy atom. The number of rotatable bonds is 4. The van der Waals surface area contributed by atoms with Gasteiger partial charge in [-0.1, -0.05) is 18.2 Å². The summed E-state index contributed by atoms with van der Waals surface area (Å²) < 4.78 is 34.9. The summed E-state index contributed by atoms with van der Waals surface area (Å²) in [5, 5.41) is 4.24. The van der Waals surface area contributed by atoms with Gasteiger partial charge in [0.15, 0.2) is 5.82 Å². The Hall–Kier alpha value is -1.81. The van der Waals surface area contributed by atoms with Gasteiger partial charge in [0.2, 0.25) is 0 Å². The van der Waals surface area contributed by atoms with E-state index in [9.17, 15) is 8.42 Å². The van der Waals surface area contributed by atoms with E-state index in [2.05, 4.69) is 10.1 Å². The van der Waals surface area contributed by atoms with E-state index >= 15 is 0 Å². The second kappa shape index (κ2) is 6.36. The number of para-hydroxylation sites is 1. The Balaban J connectivity index is 2.02. The highest BCUT2D eigenvalue weighted by molar-refractivity contribution is 7.86. The van der Waals surface area contributed by atoms with Gasteiger partial charge >= 0.3 is 0 Å². The highest BCUT2D eigenvalue weighted by Crippen LogP contribution is 2.27. The van der Waals surface area contributed by atoms with Crippen LogP contribution in [0, 0.1) is 0 Å². The fourth-order valence-electron chi connectivity index (χ4n) is 2.52. The number of hydrogen-bond donors (Lipinski definition) is 0. The van der Waals surface area contributed by atoms with Gasteiger partial charge in [0.05, 0.1) is 18.9 Å². The molecule has 9 heteroatoms. The molecular formula is C14H19N5O3S. The van der Waals surface area contributed by atoms with Crippen LogP contribution in [-0.4, -0.2) is 65.6 Å². The number of hydrogen-bond acceptors (Lipinski definition) is 5. The van der Waals surface area contributed by atoms with Gasteiger partial charge in [-0.2, -0.15) is 22.1 Å². The van der Waals surface area contributed by atoms with Crippen LogP contribution in [0.3, 0.4) is 0 Å². The topological polar surface area (TPSA) is 80.6 Å². The van der Waals surface area contributed by atoms with Crippen LogP contribution in [0.1, 0.15) is 11.9 Å². The van der Waals surface area contributed by atoms with E-state index < -0.39 is 16.3 Å². The minimum Gasteiger partial charge on any atom is -0.378 e. The maximum Gasteiger partial charge on any atom is 0.282 e. The second-order valence-electron chi connectivity index (χ2n) is 5.36. The van der Waals surface area contributed by atoms with Crippen LogP contribution in [-0.2, 0) is 14.9 Å². The molecule has 0 radical (unpaired) electrons. The van der Waals surface area contributed by atoms with E-state index in [0.29, 0.717) is 12.4 Å². The molecular weight excluding hydrogens is 318 g/mol. The van der Waals surface area contributed by atoms with Crippen molar-refractivity contribution in [3.8, 4) is 5.69 Å². The molecule has 0 unspecified atom stereocenters. The zero-order valence-corrected chi connectivity index (χ0v) is 13.8. The first-order valence-electron chi connectivity index (χ1n) is 7.24. The fraction of sp³-hybridized carbons (Fsp3) is 0.429. The van der Waals surface area contributed by atoms with Crippen LogP contribution >= 0.6 is 0 Å². The Kier molecular flexibility index (Phi) is 4.44. The number of benzene rings is 1. The third-order valence-corrected chi connectivity index (χ3v) is 5.66. The number of nitrogens with zero attached hydrogens (tertiary/aromatic N) is 5. The van der Waals surface area contributed by atoms with Crippen LogP contribution in [0.15, 0.2) is 36.7 Å². The molecule has 0 amide bonds. The Bertz CT molecular complexity index is 760. The van der Waals surface area contributed by atoms with Gasteiger partial charge in [-0.05, 0) is 12.1 Å². The van der Waals surface area contributed by atoms with E-state index in [1.165, 1.54) is 29.0 Å². The zero-order valence-electron chi connectivity index (χ0n) is 13.0. The summed E-state index contributed by atoms with van der Waals surface area (Å²) in [7, 11) is -0.533. The largest absolute Gasteiger partial charge is 0.378 e. The molecule has 8 nitrogen and oxygen atoms in total. The summed E-state index contributed by atoms with van der Waals surface area (Å²) >= 11 is 0. The first-order valence-corrected chi connectivity index (χ1v) is 8.64. The van der Waals surface area contributed by atoms with Crippen LogP contribution in [0.4, 0.5) is 0 Å². The lowest BCUT2D eigenvalue weighted by Gasteiger charge is -2.35. The van der Waals surface area contributed by atoms with Crippen LogP contribution in [0.5, 0.6) is 0 Å². The van der Waals surface area contributed by atoms with E-state index in [1.807, 2.05) is 30.3 Å². The molecule has 1 aromatic carbocycles. The first-order chi connectivity index (χ1) is 11.0. The third-order valence-electron chi connectivity index (χ3n) is 3.71. The Labute approximate surface area is 135 Å². The Morgan fingerprint density at radius 3 is 2.70 bits per heavy atom. The van der Waals surface area contributed by atoms with Gasteiger partial charge in [0, 0.05) is 20.6 Å². The van der Waals surface area contributed by atoms with Crippen molar-refractivity contribution in [2.24, 2.45) is 0 Å². The lowest BCUT2D eigenvalue weighted by molar-refractivity contribution is 0.0261. The standard InChI is InChI=1S/C14H19N5O3S/c1-17(2)23(20,21)18-8-9-22-10-13(18)14-15-11-16-19(14)12-6-4-3-5-7-12/h3-7,11,13H,8-10H2,1-2H3/t13-/m0/s1. The second-order valence-corrected chi connectivity index (χ2v) is 7.45. The van der Waals surface area contributed by atoms with Crippen LogP contribution < -0.4 is 0 Å². The minimum atomic E-state index is -3.57. The molecule has 2 aromatic rings. The summed E-state index contributed by atoms with van der Waals surface area (Å²) in [4.78, 5) is 4.29. The lowest BCUT2D eigenvalue weighted by Crippen LogP contribution is -2.48. The summed E-state index contributed by atoms with van der Waals surface area (Å²) in [6.45, 7) is 0.897. The van der Waals surface area contributed by atoms with Gasteiger partial charge in [0.1, 0.15) is 12.4 Å². The molecule has 1 aliphatic rings. The highest BCUT2D eigenvalue weighted by Gasteiger charge is 2.38. The lowest BCUT2D eigenvalue weighted by atomic mass is 10.2. The van der Waals surface area contributed by atoms with Crippen molar-refractivity contribution in [2.45, 2.75) is 6.04 Å². The zero-order chi connectivity index (χ0) is 16.4.